The van der Waals surface area contributed by atoms with E-state index < -0.39 is 16.0 Å². The van der Waals surface area contributed by atoms with Gasteiger partial charge >= 0.3 is 5.97 Å². The molecule has 0 aromatic heterocycles. The van der Waals surface area contributed by atoms with Crippen LogP contribution in [-0.2, 0) is 20.5 Å². The predicted molar refractivity (Wildman–Crippen MR) is 73.3 cm³/mol. The molecular formula is C13H19NO4S. The van der Waals surface area contributed by atoms with Gasteiger partial charge in [0, 0.05) is 6.54 Å². The van der Waals surface area contributed by atoms with Crippen LogP contribution in [0, 0.1) is 0 Å². The van der Waals surface area contributed by atoms with Crippen molar-refractivity contribution in [3.63, 3.8) is 0 Å². The molecule has 1 aromatic carbocycles. The van der Waals surface area contributed by atoms with Crippen LogP contribution in [0.1, 0.15) is 35.7 Å². The van der Waals surface area contributed by atoms with E-state index in [4.69, 9.17) is 0 Å². The van der Waals surface area contributed by atoms with E-state index in [-0.39, 0.29) is 5.75 Å². The molecule has 0 atom stereocenters. The number of hydrogen-bond acceptors (Lipinski definition) is 4. The standard InChI is InChI=1S/C13H19NO4S/c1-3-4-9-14-19(16,17)10-11-5-7-12(8-6-11)13(15)18-2/h5-8,14H,3-4,9-10H2,1-2H3. The molecule has 0 aliphatic rings. The fraction of sp³-hybridized carbons (Fsp3) is 0.462. The van der Waals surface area contributed by atoms with Crippen molar-refractivity contribution >= 4 is 16.0 Å². The minimum Gasteiger partial charge on any atom is -0.465 e. The number of unbranched alkanes of at least 4 members (excludes halogenated alkanes) is 1. The maximum atomic E-state index is 11.7. The summed E-state index contributed by atoms with van der Waals surface area (Å²) in [5.74, 6) is -0.520. The number of methoxy groups -OCH3 is 1. The highest BCUT2D eigenvalue weighted by Gasteiger charge is 2.11. The molecule has 0 spiro atoms. The van der Waals surface area contributed by atoms with Crippen LogP contribution >= 0.6 is 0 Å². The fourth-order valence-corrected chi connectivity index (χ4v) is 2.72. The molecule has 0 heterocycles. The smallest absolute Gasteiger partial charge is 0.337 e. The fourth-order valence-electron chi connectivity index (χ4n) is 1.53. The monoisotopic (exact) mass is 285 g/mol. The van der Waals surface area contributed by atoms with Crippen molar-refractivity contribution in [1.82, 2.24) is 4.72 Å². The molecule has 0 aliphatic heterocycles. The maximum Gasteiger partial charge on any atom is 0.337 e. The molecule has 0 amide bonds. The van der Waals surface area contributed by atoms with Gasteiger partial charge in [0.25, 0.3) is 0 Å². The molecule has 0 radical (unpaired) electrons. The first-order valence-corrected chi connectivity index (χ1v) is 7.78. The van der Waals surface area contributed by atoms with Crippen molar-refractivity contribution in [2.45, 2.75) is 25.5 Å². The Balaban J connectivity index is 2.64. The largest absolute Gasteiger partial charge is 0.465 e. The molecule has 1 rings (SSSR count). The van der Waals surface area contributed by atoms with Crippen molar-refractivity contribution in [3.05, 3.63) is 35.4 Å². The van der Waals surface area contributed by atoms with E-state index in [1.54, 1.807) is 24.3 Å². The lowest BCUT2D eigenvalue weighted by atomic mass is 10.1. The van der Waals surface area contributed by atoms with Crippen LogP contribution in [0.2, 0.25) is 0 Å². The van der Waals surface area contributed by atoms with Crippen LogP contribution in [0.3, 0.4) is 0 Å². The zero-order valence-electron chi connectivity index (χ0n) is 11.2. The third-order valence-electron chi connectivity index (χ3n) is 2.58. The Morgan fingerprint density at radius 1 is 1.26 bits per heavy atom. The number of ether oxygens (including phenoxy) is 1. The summed E-state index contributed by atoms with van der Waals surface area (Å²) in [7, 11) is -2.01. The summed E-state index contributed by atoms with van der Waals surface area (Å²) < 4.78 is 30.6. The Bertz CT molecular complexity index is 508. The molecule has 0 unspecified atom stereocenters. The lowest BCUT2D eigenvalue weighted by Gasteiger charge is -2.06. The van der Waals surface area contributed by atoms with Gasteiger partial charge in [-0.25, -0.2) is 17.9 Å². The van der Waals surface area contributed by atoms with Crippen LogP contribution in [0.5, 0.6) is 0 Å². The van der Waals surface area contributed by atoms with Crippen molar-refractivity contribution in [3.8, 4) is 0 Å². The summed E-state index contributed by atoms with van der Waals surface area (Å²) in [4.78, 5) is 11.2. The molecule has 106 valence electrons. The van der Waals surface area contributed by atoms with Gasteiger partial charge in [0.05, 0.1) is 18.4 Å². The summed E-state index contributed by atoms with van der Waals surface area (Å²) in [6.45, 7) is 2.46. The minimum atomic E-state index is -3.31. The summed E-state index contributed by atoms with van der Waals surface area (Å²) >= 11 is 0. The van der Waals surface area contributed by atoms with Crippen molar-refractivity contribution in [2.75, 3.05) is 13.7 Å². The highest BCUT2D eigenvalue weighted by atomic mass is 32.2. The van der Waals surface area contributed by atoms with E-state index in [2.05, 4.69) is 9.46 Å². The first-order valence-electron chi connectivity index (χ1n) is 6.13. The molecule has 0 bridgehead atoms. The van der Waals surface area contributed by atoms with E-state index >= 15 is 0 Å². The van der Waals surface area contributed by atoms with Crippen LogP contribution in [0.15, 0.2) is 24.3 Å². The van der Waals surface area contributed by atoms with Gasteiger partial charge in [-0.2, -0.15) is 0 Å². The van der Waals surface area contributed by atoms with Crippen molar-refractivity contribution in [1.29, 1.82) is 0 Å². The normalized spacial score (nSPS) is 11.3. The van der Waals surface area contributed by atoms with E-state index in [1.807, 2.05) is 6.92 Å². The second-order valence-corrected chi connectivity index (χ2v) is 6.00. The molecular weight excluding hydrogens is 266 g/mol. The van der Waals surface area contributed by atoms with Gasteiger partial charge in [-0.15, -0.1) is 0 Å². The van der Waals surface area contributed by atoms with Crippen molar-refractivity contribution < 1.29 is 17.9 Å². The Morgan fingerprint density at radius 3 is 2.42 bits per heavy atom. The van der Waals surface area contributed by atoms with Crippen molar-refractivity contribution in [2.24, 2.45) is 0 Å². The number of sulfonamides is 1. The van der Waals surface area contributed by atoms with Crippen LogP contribution in [0.25, 0.3) is 0 Å². The predicted octanol–water partition coefficient (Wildman–Crippen LogP) is 1.69. The number of nitrogens with one attached hydrogen (secondary N) is 1. The summed E-state index contributed by atoms with van der Waals surface area (Å²) in [5.41, 5.74) is 1.04. The second kappa shape index (κ2) is 7.25. The lowest BCUT2D eigenvalue weighted by Crippen LogP contribution is -2.26. The minimum absolute atomic E-state index is 0.0852. The zero-order chi connectivity index (χ0) is 14.3. The average Bonchev–Trinajstić information content (AvgIpc) is 2.38. The molecule has 19 heavy (non-hydrogen) atoms. The number of benzene rings is 1. The molecule has 0 fully saturated rings. The highest BCUT2D eigenvalue weighted by Crippen LogP contribution is 2.08. The molecule has 0 aliphatic carbocycles. The SMILES string of the molecule is CCCCNS(=O)(=O)Cc1ccc(C(=O)OC)cc1. The Morgan fingerprint density at radius 2 is 1.89 bits per heavy atom. The van der Waals surface area contributed by atoms with E-state index in [1.165, 1.54) is 7.11 Å². The molecule has 0 saturated carbocycles. The lowest BCUT2D eigenvalue weighted by molar-refractivity contribution is 0.0600. The van der Waals surface area contributed by atoms with Gasteiger partial charge in [-0.1, -0.05) is 25.5 Å². The molecule has 5 nitrogen and oxygen atoms in total. The van der Waals surface area contributed by atoms with Gasteiger partial charge in [0.1, 0.15) is 0 Å². The average molecular weight is 285 g/mol. The van der Waals surface area contributed by atoms with E-state index in [0.717, 1.165) is 12.8 Å². The van der Waals surface area contributed by atoms with Crippen LogP contribution in [0.4, 0.5) is 0 Å². The Hall–Kier alpha value is -1.40. The summed E-state index contributed by atoms with van der Waals surface area (Å²) in [6, 6.07) is 6.35. The number of rotatable bonds is 7. The highest BCUT2D eigenvalue weighted by molar-refractivity contribution is 7.88. The molecule has 1 aromatic rings. The third-order valence-corrected chi connectivity index (χ3v) is 3.94. The van der Waals surface area contributed by atoms with Gasteiger partial charge in [0.15, 0.2) is 0 Å². The Labute approximate surface area is 114 Å². The zero-order valence-corrected chi connectivity index (χ0v) is 12.0. The van der Waals surface area contributed by atoms with Gasteiger partial charge in [0.2, 0.25) is 10.0 Å². The Kier molecular flexibility index (Phi) is 5.98. The third kappa shape index (κ3) is 5.40. The van der Waals surface area contributed by atoms with E-state index in [0.29, 0.717) is 17.7 Å². The molecule has 0 saturated heterocycles. The second-order valence-electron chi connectivity index (χ2n) is 4.20. The number of carbonyl (C=O) groups is 1. The van der Waals surface area contributed by atoms with E-state index in [9.17, 15) is 13.2 Å². The number of hydrogen-bond donors (Lipinski definition) is 1. The molecule has 6 heteroatoms. The van der Waals surface area contributed by atoms with Gasteiger partial charge in [-0.3, -0.25) is 0 Å². The van der Waals surface area contributed by atoms with Crippen LogP contribution < -0.4 is 4.72 Å². The number of carbonyl (C=O) groups excluding carboxylic acids is 1. The number of esters is 1. The quantitative estimate of drug-likeness (QED) is 0.611. The first-order chi connectivity index (χ1) is 8.98. The van der Waals surface area contributed by atoms with Gasteiger partial charge < -0.3 is 4.74 Å². The topological polar surface area (TPSA) is 72.5 Å². The molecule has 1 N–H and O–H groups in total. The first kappa shape index (κ1) is 15.7. The maximum absolute atomic E-state index is 11.7. The van der Waals surface area contributed by atoms with Crippen LogP contribution in [-0.4, -0.2) is 28.0 Å². The summed E-state index contributed by atoms with van der Waals surface area (Å²) in [5, 5.41) is 0. The van der Waals surface area contributed by atoms with Gasteiger partial charge in [-0.05, 0) is 24.1 Å². The summed E-state index contributed by atoms with van der Waals surface area (Å²) in [6.07, 6.45) is 1.76.